The van der Waals surface area contributed by atoms with Gasteiger partial charge in [-0.25, -0.2) is 8.78 Å². The number of benzene rings is 2. The van der Waals surface area contributed by atoms with E-state index in [9.17, 15) is 23.7 Å². The molecule has 2 aromatic carbocycles. The SMILES string of the molecule is O=Cc1cc([N+](=O)[O-])ccc1Oc1ccc(F)c(F)c1. The number of aldehydes is 1. The number of nitro benzene ring substituents is 1. The monoisotopic (exact) mass is 279 g/mol. The van der Waals surface area contributed by atoms with E-state index in [0.29, 0.717) is 6.29 Å². The van der Waals surface area contributed by atoms with Crippen LogP contribution >= 0.6 is 0 Å². The number of nitrogens with zero attached hydrogens (tertiary/aromatic N) is 1. The number of non-ortho nitro benzene ring substituents is 1. The molecule has 0 atom stereocenters. The van der Waals surface area contributed by atoms with Crippen LogP contribution in [0.25, 0.3) is 0 Å². The first-order valence-electron chi connectivity index (χ1n) is 5.38. The summed E-state index contributed by atoms with van der Waals surface area (Å²) in [6.07, 6.45) is 0.377. The van der Waals surface area contributed by atoms with Crippen molar-refractivity contribution in [1.82, 2.24) is 0 Å². The van der Waals surface area contributed by atoms with Crippen LogP contribution in [0.2, 0.25) is 0 Å². The molecule has 2 aromatic rings. The van der Waals surface area contributed by atoms with Gasteiger partial charge >= 0.3 is 0 Å². The third-order valence-electron chi connectivity index (χ3n) is 2.45. The molecule has 0 fully saturated rings. The highest BCUT2D eigenvalue weighted by atomic mass is 19.2. The van der Waals surface area contributed by atoms with Crippen LogP contribution in [-0.2, 0) is 0 Å². The smallest absolute Gasteiger partial charge is 0.270 e. The highest BCUT2D eigenvalue weighted by Gasteiger charge is 2.12. The van der Waals surface area contributed by atoms with Crippen LogP contribution < -0.4 is 4.74 Å². The lowest BCUT2D eigenvalue weighted by molar-refractivity contribution is -0.384. The lowest BCUT2D eigenvalue weighted by atomic mass is 10.2. The van der Waals surface area contributed by atoms with Crippen molar-refractivity contribution < 1.29 is 23.2 Å². The topological polar surface area (TPSA) is 69.4 Å². The summed E-state index contributed by atoms with van der Waals surface area (Å²) in [7, 11) is 0. The maximum atomic E-state index is 13.0. The van der Waals surface area contributed by atoms with E-state index in [-0.39, 0.29) is 22.7 Å². The summed E-state index contributed by atoms with van der Waals surface area (Å²) in [5, 5.41) is 10.6. The third kappa shape index (κ3) is 2.77. The van der Waals surface area contributed by atoms with Gasteiger partial charge in [0.1, 0.15) is 11.5 Å². The van der Waals surface area contributed by atoms with Crippen LogP contribution in [0.5, 0.6) is 11.5 Å². The van der Waals surface area contributed by atoms with Gasteiger partial charge < -0.3 is 4.74 Å². The Morgan fingerprint density at radius 1 is 1.10 bits per heavy atom. The Kier molecular flexibility index (Phi) is 3.69. The molecule has 5 nitrogen and oxygen atoms in total. The molecule has 0 heterocycles. The van der Waals surface area contributed by atoms with Crippen LogP contribution in [0.15, 0.2) is 36.4 Å². The summed E-state index contributed by atoms with van der Waals surface area (Å²) in [5.74, 6) is -2.15. The minimum absolute atomic E-state index is 0.0107. The zero-order chi connectivity index (χ0) is 14.7. The molecule has 0 saturated heterocycles. The number of ether oxygens (including phenoxy) is 1. The number of hydrogen-bond acceptors (Lipinski definition) is 4. The van der Waals surface area contributed by atoms with E-state index in [2.05, 4.69) is 0 Å². The number of carbonyl (C=O) groups is 1. The van der Waals surface area contributed by atoms with Gasteiger partial charge in [-0.15, -0.1) is 0 Å². The highest BCUT2D eigenvalue weighted by molar-refractivity contribution is 5.80. The van der Waals surface area contributed by atoms with Gasteiger partial charge in [0.2, 0.25) is 0 Å². The lowest BCUT2D eigenvalue weighted by Crippen LogP contribution is -1.95. The molecule has 0 amide bonds. The van der Waals surface area contributed by atoms with Crippen LogP contribution in [0.3, 0.4) is 0 Å². The Balaban J connectivity index is 2.35. The van der Waals surface area contributed by atoms with Crippen molar-refractivity contribution in [2.75, 3.05) is 0 Å². The second kappa shape index (κ2) is 5.43. The summed E-state index contributed by atoms with van der Waals surface area (Å²) in [4.78, 5) is 20.8. The molecular formula is C13H7F2NO4. The minimum atomic E-state index is -1.10. The molecule has 0 unspecified atom stereocenters. The molecule has 0 aliphatic rings. The van der Waals surface area contributed by atoms with Crippen molar-refractivity contribution in [3.8, 4) is 11.5 Å². The fourth-order valence-corrected chi connectivity index (χ4v) is 1.50. The predicted molar refractivity (Wildman–Crippen MR) is 64.9 cm³/mol. The number of nitro groups is 1. The molecule has 20 heavy (non-hydrogen) atoms. The number of rotatable bonds is 4. The fourth-order valence-electron chi connectivity index (χ4n) is 1.50. The molecule has 0 aromatic heterocycles. The van der Waals surface area contributed by atoms with Crippen LogP contribution in [0, 0.1) is 21.7 Å². The summed E-state index contributed by atoms with van der Waals surface area (Å²) in [6.45, 7) is 0. The highest BCUT2D eigenvalue weighted by Crippen LogP contribution is 2.28. The summed E-state index contributed by atoms with van der Waals surface area (Å²) in [5.41, 5.74) is -0.339. The largest absolute Gasteiger partial charge is 0.457 e. The summed E-state index contributed by atoms with van der Waals surface area (Å²) in [6, 6.07) is 6.24. The predicted octanol–water partition coefficient (Wildman–Crippen LogP) is 3.48. The van der Waals surface area contributed by atoms with Crippen molar-refractivity contribution in [2.24, 2.45) is 0 Å². The van der Waals surface area contributed by atoms with Gasteiger partial charge in [0, 0.05) is 18.2 Å². The first kappa shape index (κ1) is 13.6. The van der Waals surface area contributed by atoms with E-state index >= 15 is 0 Å². The number of carbonyl (C=O) groups excluding carboxylic acids is 1. The molecule has 0 saturated carbocycles. The van der Waals surface area contributed by atoms with Gasteiger partial charge in [-0.3, -0.25) is 14.9 Å². The standard InChI is InChI=1S/C13H7F2NO4/c14-11-3-2-10(6-12(11)15)20-13-4-1-9(16(18)19)5-8(13)7-17/h1-7H. The normalized spacial score (nSPS) is 10.1. The van der Waals surface area contributed by atoms with E-state index in [1.54, 1.807) is 0 Å². The molecular weight excluding hydrogens is 272 g/mol. The Labute approximate surface area is 111 Å². The van der Waals surface area contributed by atoms with Gasteiger partial charge in [0.05, 0.1) is 10.5 Å². The second-order valence-corrected chi connectivity index (χ2v) is 3.78. The van der Waals surface area contributed by atoms with E-state index < -0.39 is 16.6 Å². The molecule has 0 aliphatic heterocycles. The van der Waals surface area contributed by atoms with Crippen molar-refractivity contribution in [2.45, 2.75) is 0 Å². The van der Waals surface area contributed by atoms with Crippen molar-refractivity contribution in [3.63, 3.8) is 0 Å². The number of halogens is 2. The Morgan fingerprint density at radius 3 is 2.45 bits per heavy atom. The van der Waals surface area contributed by atoms with Crippen molar-refractivity contribution in [1.29, 1.82) is 0 Å². The maximum Gasteiger partial charge on any atom is 0.270 e. The van der Waals surface area contributed by atoms with Gasteiger partial charge in [-0.2, -0.15) is 0 Å². The quantitative estimate of drug-likeness (QED) is 0.488. The molecule has 2 rings (SSSR count). The van der Waals surface area contributed by atoms with Crippen LogP contribution in [0.1, 0.15) is 10.4 Å². The Morgan fingerprint density at radius 2 is 1.85 bits per heavy atom. The first-order valence-corrected chi connectivity index (χ1v) is 5.38. The second-order valence-electron chi connectivity index (χ2n) is 3.78. The van der Waals surface area contributed by atoms with Crippen molar-refractivity contribution >= 4 is 12.0 Å². The molecule has 0 N–H and O–H groups in total. The molecule has 0 radical (unpaired) electrons. The van der Waals surface area contributed by atoms with Gasteiger partial charge in [0.25, 0.3) is 5.69 Å². The summed E-state index contributed by atoms with van der Waals surface area (Å²) >= 11 is 0. The van der Waals surface area contributed by atoms with Crippen molar-refractivity contribution in [3.05, 3.63) is 63.7 Å². The van der Waals surface area contributed by atoms with Gasteiger partial charge in [0.15, 0.2) is 17.9 Å². The fraction of sp³-hybridized carbons (Fsp3) is 0. The molecule has 7 heteroatoms. The summed E-state index contributed by atoms with van der Waals surface area (Å²) < 4.78 is 31.0. The average molecular weight is 279 g/mol. The van der Waals surface area contributed by atoms with E-state index in [1.807, 2.05) is 0 Å². The molecule has 0 bridgehead atoms. The van der Waals surface area contributed by atoms with Gasteiger partial charge in [-0.05, 0) is 18.2 Å². The number of hydrogen-bond donors (Lipinski definition) is 0. The van der Waals surface area contributed by atoms with Crippen LogP contribution in [0.4, 0.5) is 14.5 Å². The van der Waals surface area contributed by atoms with Gasteiger partial charge in [-0.1, -0.05) is 0 Å². The molecule has 102 valence electrons. The zero-order valence-corrected chi connectivity index (χ0v) is 9.88. The van der Waals surface area contributed by atoms with E-state index in [1.165, 1.54) is 12.1 Å². The van der Waals surface area contributed by atoms with E-state index in [4.69, 9.17) is 4.74 Å². The Hall–Kier alpha value is -2.83. The lowest BCUT2D eigenvalue weighted by Gasteiger charge is -2.08. The Bertz CT molecular complexity index is 688. The molecule has 0 spiro atoms. The maximum absolute atomic E-state index is 13.0. The molecule has 0 aliphatic carbocycles. The van der Waals surface area contributed by atoms with E-state index in [0.717, 1.165) is 24.3 Å². The zero-order valence-electron chi connectivity index (χ0n) is 9.88. The minimum Gasteiger partial charge on any atom is -0.457 e. The third-order valence-corrected chi connectivity index (χ3v) is 2.45. The van der Waals surface area contributed by atoms with Crippen LogP contribution in [-0.4, -0.2) is 11.2 Å². The average Bonchev–Trinajstić information content (AvgIpc) is 2.43. The first-order chi connectivity index (χ1) is 9.51.